The molecule has 0 aromatic heterocycles. The number of thiol groups is 1. The zero-order valence-corrected chi connectivity index (χ0v) is 9.58. The Morgan fingerprint density at radius 2 is 1.67 bits per heavy atom. The number of rotatable bonds is 9. The lowest BCUT2D eigenvalue weighted by Crippen LogP contribution is -2.17. The Labute approximate surface area is 95.1 Å². The minimum Gasteiger partial charge on any atom is -0.481 e. The van der Waals surface area contributed by atoms with Crippen LogP contribution in [0.2, 0.25) is 0 Å². The number of aliphatic carboxylic acids is 2. The quantitative estimate of drug-likeness (QED) is 0.421. The summed E-state index contributed by atoms with van der Waals surface area (Å²) in [6, 6.07) is 0. The summed E-state index contributed by atoms with van der Waals surface area (Å²) >= 11 is 4.07. The van der Waals surface area contributed by atoms with E-state index in [0.29, 0.717) is 6.42 Å². The molecule has 0 rings (SSSR count). The number of hydrogen-bond acceptors (Lipinski definition) is 3. The number of carboxylic acids is 2. The first kappa shape index (κ1) is 14.3. The topological polar surface area (TPSA) is 74.6 Å². The van der Waals surface area contributed by atoms with Crippen LogP contribution in [0.5, 0.6) is 0 Å². The molecule has 0 aliphatic heterocycles. The molecule has 0 radical (unpaired) electrons. The van der Waals surface area contributed by atoms with Crippen molar-refractivity contribution in [1.29, 1.82) is 0 Å². The lowest BCUT2D eigenvalue weighted by molar-refractivity contribution is -0.148. The fourth-order valence-corrected chi connectivity index (χ4v) is 1.60. The maximum Gasteiger partial charge on any atom is 0.307 e. The van der Waals surface area contributed by atoms with Gasteiger partial charge in [-0.1, -0.05) is 19.3 Å². The monoisotopic (exact) mass is 234 g/mol. The first-order valence-corrected chi connectivity index (χ1v) is 5.76. The van der Waals surface area contributed by atoms with Crippen molar-refractivity contribution in [1.82, 2.24) is 0 Å². The van der Waals surface area contributed by atoms with Crippen molar-refractivity contribution in [2.24, 2.45) is 5.92 Å². The van der Waals surface area contributed by atoms with E-state index in [2.05, 4.69) is 12.6 Å². The fraction of sp³-hybridized carbons (Fsp3) is 0.800. The summed E-state index contributed by atoms with van der Waals surface area (Å²) < 4.78 is 0. The van der Waals surface area contributed by atoms with E-state index in [0.717, 1.165) is 31.4 Å². The highest BCUT2D eigenvalue weighted by molar-refractivity contribution is 7.80. The van der Waals surface area contributed by atoms with Gasteiger partial charge in [-0.15, -0.1) is 0 Å². The third-order valence-electron chi connectivity index (χ3n) is 2.23. The average molecular weight is 234 g/mol. The third-order valence-corrected chi connectivity index (χ3v) is 2.55. The Morgan fingerprint density at radius 1 is 1.07 bits per heavy atom. The first-order chi connectivity index (χ1) is 7.07. The standard InChI is InChI=1S/C10H18O4S/c11-9(12)7-8(10(13)14)5-3-1-2-4-6-15/h8,15H,1-7H2,(H,11,12)(H,13,14). The van der Waals surface area contributed by atoms with Crippen LogP contribution >= 0.6 is 12.6 Å². The van der Waals surface area contributed by atoms with E-state index >= 15 is 0 Å². The van der Waals surface area contributed by atoms with Crippen molar-refractivity contribution < 1.29 is 19.8 Å². The normalized spacial score (nSPS) is 12.3. The van der Waals surface area contributed by atoms with E-state index in [9.17, 15) is 9.59 Å². The summed E-state index contributed by atoms with van der Waals surface area (Å²) in [5.41, 5.74) is 0. The zero-order chi connectivity index (χ0) is 11.7. The van der Waals surface area contributed by atoms with Crippen LogP contribution in [0.3, 0.4) is 0 Å². The van der Waals surface area contributed by atoms with E-state index in [-0.39, 0.29) is 6.42 Å². The molecular formula is C10H18O4S. The smallest absolute Gasteiger partial charge is 0.307 e. The number of carboxylic acid groups (broad SMARTS) is 2. The molecule has 1 unspecified atom stereocenters. The van der Waals surface area contributed by atoms with Crippen molar-refractivity contribution in [3.63, 3.8) is 0 Å². The molecular weight excluding hydrogens is 216 g/mol. The molecule has 1 atom stereocenters. The molecule has 0 spiro atoms. The largest absolute Gasteiger partial charge is 0.481 e. The van der Waals surface area contributed by atoms with Gasteiger partial charge in [-0.05, 0) is 18.6 Å². The van der Waals surface area contributed by atoms with Crippen molar-refractivity contribution in [2.75, 3.05) is 5.75 Å². The van der Waals surface area contributed by atoms with Gasteiger partial charge in [0, 0.05) is 0 Å². The Morgan fingerprint density at radius 3 is 2.13 bits per heavy atom. The average Bonchev–Trinajstić information content (AvgIpc) is 2.15. The van der Waals surface area contributed by atoms with Crippen molar-refractivity contribution >= 4 is 24.6 Å². The second kappa shape index (κ2) is 8.59. The minimum atomic E-state index is -1.04. The molecule has 4 nitrogen and oxygen atoms in total. The van der Waals surface area contributed by atoms with E-state index < -0.39 is 17.9 Å². The van der Waals surface area contributed by atoms with Gasteiger partial charge in [0.05, 0.1) is 12.3 Å². The number of hydrogen-bond donors (Lipinski definition) is 3. The molecule has 0 saturated carbocycles. The van der Waals surface area contributed by atoms with Gasteiger partial charge >= 0.3 is 11.9 Å². The third kappa shape index (κ3) is 8.30. The zero-order valence-electron chi connectivity index (χ0n) is 8.69. The highest BCUT2D eigenvalue weighted by Gasteiger charge is 2.19. The molecule has 2 N–H and O–H groups in total. The maximum absolute atomic E-state index is 10.7. The van der Waals surface area contributed by atoms with Gasteiger partial charge in [-0.2, -0.15) is 12.6 Å². The lowest BCUT2D eigenvalue weighted by atomic mass is 9.98. The van der Waals surface area contributed by atoms with Crippen LogP contribution in [-0.4, -0.2) is 27.9 Å². The van der Waals surface area contributed by atoms with Gasteiger partial charge in [-0.25, -0.2) is 0 Å². The minimum absolute atomic E-state index is 0.276. The molecule has 0 aliphatic carbocycles. The van der Waals surface area contributed by atoms with Crippen LogP contribution in [0.1, 0.15) is 38.5 Å². The number of unbranched alkanes of at least 4 members (excludes halogenated alkanes) is 3. The molecule has 0 saturated heterocycles. The summed E-state index contributed by atoms with van der Waals surface area (Å²) in [4.78, 5) is 21.1. The summed E-state index contributed by atoms with van der Waals surface area (Å²) in [5.74, 6) is -1.94. The maximum atomic E-state index is 10.7. The van der Waals surface area contributed by atoms with Gasteiger partial charge < -0.3 is 10.2 Å². The van der Waals surface area contributed by atoms with E-state index in [4.69, 9.17) is 10.2 Å². The Balaban J connectivity index is 3.67. The first-order valence-electron chi connectivity index (χ1n) is 5.13. The van der Waals surface area contributed by atoms with Gasteiger partial charge in [-0.3, -0.25) is 9.59 Å². The van der Waals surface area contributed by atoms with Crippen LogP contribution in [-0.2, 0) is 9.59 Å². The van der Waals surface area contributed by atoms with Gasteiger partial charge in [0.2, 0.25) is 0 Å². The van der Waals surface area contributed by atoms with Crippen LogP contribution in [0.15, 0.2) is 0 Å². The fourth-order valence-electron chi connectivity index (χ4n) is 1.38. The molecule has 0 fully saturated rings. The second-order valence-corrected chi connectivity index (χ2v) is 4.01. The summed E-state index contributed by atoms with van der Waals surface area (Å²) in [6.07, 6.45) is 3.96. The molecule has 0 aromatic carbocycles. The molecule has 0 amide bonds. The van der Waals surface area contributed by atoms with E-state index in [1.54, 1.807) is 0 Å². The second-order valence-electron chi connectivity index (χ2n) is 3.56. The van der Waals surface area contributed by atoms with E-state index in [1.807, 2.05) is 0 Å². The van der Waals surface area contributed by atoms with Gasteiger partial charge in [0.25, 0.3) is 0 Å². The highest BCUT2D eigenvalue weighted by atomic mass is 32.1. The molecule has 0 aliphatic rings. The van der Waals surface area contributed by atoms with Gasteiger partial charge in [0.1, 0.15) is 0 Å². The summed E-state index contributed by atoms with van der Waals surface area (Å²) in [5, 5.41) is 17.2. The Kier molecular flexibility index (Phi) is 8.18. The summed E-state index contributed by atoms with van der Waals surface area (Å²) in [6.45, 7) is 0. The predicted octanol–water partition coefficient (Wildman–Crippen LogP) is 2.04. The molecule has 0 bridgehead atoms. The molecule has 5 heteroatoms. The van der Waals surface area contributed by atoms with Crippen LogP contribution in [0.4, 0.5) is 0 Å². The number of carbonyl (C=O) groups is 2. The van der Waals surface area contributed by atoms with Crippen molar-refractivity contribution in [3.05, 3.63) is 0 Å². The molecule has 0 heterocycles. The van der Waals surface area contributed by atoms with Crippen LogP contribution in [0, 0.1) is 5.92 Å². The molecule has 88 valence electrons. The Hall–Kier alpha value is -0.710. The lowest BCUT2D eigenvalue weighted by Gasteiger charge is -2.08. The van der Waals surface area contributed by atoms with Crippen molar-refractivity contribution in [2.45, 2.75) is 38.5 Å². The molecule has 0 aromatic rings. The highest BCUT2D eigenvalue weighted by Crippen LogP contribution is 2.15. The summed E-state index contributed by atoms with van der Waals surface area (Å²) in [7, 11) is 0. The Bertz CT molecular complexity index is 206. The molecule has 15 heavy (non-hydrogen) atoms. The van der Waals surface area contributed by atoms with Crippen LogP contribution < -0.4 is 0 Å². The predicted molar refractivity (Wildman–Crippen MR) is 60.3 cm³/mol. The van der Waals surface area contributed by atoms with E-state index in [1.165, 1.54) is 0 Å². The van der Waals surface area contributed by atoms with Gasteiger partial charge in [0.15, 0.2) is 0 Å². The van der Waals surface area contributed by atoms with Crippen molar-refractivity contribution in [3.8, 4) is 0 Å². The SMILES string of the molecule is O=C(O)CC(CCCCCCS)C(=O)O. The van der Waals surface area contributed by atoms with Crippen LogP contribution in [0.25, 0.3) is 0 Å².